The monoisotopic (exact) mass is 307 g/mol. The third-order valence-electron chi connectivity index (χ3n) is 3.61. The van der Waals surface area contributed by atoms with E-state index >= 15 is 0 Å². The number of rotatable bonds is 3. The lowest BCUT2D eigenvalue weighted by Gasteiger charge is -2.34. The lowest BCUT2D eigenvalue weighted by molar-refractivity contribution is -0.144. The Morgan fingerprint density at radius 2 is 2.15 bits per heavy atom. The molecule has 3 rings (SSSR count). The summed E-state index contributed by atoms with van der Waals surface area (Å²) < 4.78 is 0. The second-order valence-corrected chi connectivity index (χ2v) is 6.40. The molecule has 0 amide bonds. The van der Waals surface area contributed by atoms with Crippen molar-refractivity contribution in [3.05, 3.63) is 56.7 Å². The predicted octanol–water partition coefficient (Wildman–Crippen LogP) is 3.41. The first-order valence-corrected chi connectivity index (χ1v) is 7.66. The Morgan fingerprint density at radius 1 is 1.40 bits per heavy atom. The quantitative estimate of drug-likeness (QED) is 0.944. The maximum absolute atomic E-state index is 11.5. The van der Waals surface area contributed by atoms with Gasteiger partial charge in [-0.2, -0.15) is 0 Å². The van der Waals surface area contributed by atoms with Crippen LogP contribution in [0.3, 0.4) is 0 Å². The van der Waals surface area contributed by atoms with Crippen molar-refractivity contribution in [3.63, 3.8) is 0 Å². The van der Waals surface area contributed by atoms with Crippen LogP contribution in [0, 0.1) is 0 Å². The molecule has 2 aromatic rings. The van der Waals surface area contributed by atoms with Crippen LogP contribution in [-0.2, 0) is 24.3 Å². The molecule has 1 aliphatic heterocycles. The van der Waals surface area contributed by atoms with Crippen molar-refractivity contribution in [3.8, 4) is 0 Å². The molecule has 1 aromatic heterocycles. The number of thiophene rings is 1. The second kappa shape index (κ2) is 5.56. The summed E-state index contributed by atoms with van der Waals surface area (Å²) in [4.78, 5) is 14.6. The maximum Gasteiger partial charge on any atom is 0.321 e. The van der Waals surface area contributed by atoms with Crippen molar-refractivity contribution < 1.29 is 9.90 Å². The Hall–Kier alpha value is -1.36. The smallest absolute Gasteiger partial charge is 0.321 e. The molecular weight excluding hydrogens is 294 g/mol. The summed E-state index contributed by atoms with van der Waals surface area (Å²) in [6, 6.07) is 9.50. The van der Waals surface area contributed by atoms with Gasteiger partial charge in [0, 0.05) is 23.3 Å². The van der Waals surface area contributed by atoms with Crippen molar-refractivity contribution in [1.29, 1.82) is 0 Å². The highest BCUT2D eigenvalue weighted by Gasteiger charge is 2.31. The van der Waals surface area contributed by atoms with Crippen molar-refractivity contribution in [2.24, 2.45) is 0 Å². The largest absolute Gasteiger partial charge is 0.480 e. The molecule has 1 aromatic carbocycles. The van der Waals surface area contributed by atoms with Gasteiger partial charge in [-0.3, -0.25) is 9.69 Å². The molecule has 1 atom stereocenters. The van der Waals surface area contributed by atoms with E-state index in [9.17, 15) is 9.90 Å². The van der Waals surface area contributed by atoms with Crippen LogP contribution in [0.2, 0.25) is 5.02 Å². The second-order valence-electron chi connectivity index (χ2n) is 4.96. The van der Waals surface area contributed by atoms with E-state index in [4.69, 9.17) is 11.6 Å². The Morgan fingerprint density at radius 3 is 2.80 bits per heavy atom. The molecule has 5 heteroatoms. The summed E-state index contributed by atoms with van der Waals surface area (Å²) in [5.41, 5.74) is 2.35. The zero-order valence-corrected chi connectivity index (χ0v) is 12.3. The summed E-state index contributed by atoms with van der Waals surface area (Å²) in [6.07, 6.45) is 0.560. The summed E-state index contributed by atoms with van der Waals surface area (Å²) in [6.45, 7) is 1.30. The van der Waals surface area contributed by atoms with E-state index in [-0.39, 0.29) is 0 Å². The Balaban J connectivity index is 1.86. The van der Waals surface area contributed by atoms with Crippen LogP contribution < -0.4 is 0 Å². The number of carbonyl (C=O) groups is 1. The summed E-state index contributed by atoms with van der Waals surface area (Å²) in [7, 11) is 0. The van der Waals surface area contributed by atoms with Gasteiger partial charge < -0.3 is 5.11 Å². The molecule has 2 heterocycles. The summed E-state index contributed by atoms with van der Waals surface area (Å²) >= 11 is 7.51. The minimum absolute atomic E-state index is 0.467. The highest BCUT2D eigenvalue weighted by molar-refractivity contribution is 7.10. The first-order valence-electron chi connectivity index (χ1n) is 6.40. The molecule has 104 valence electrons. The van der Waals surface area contributed by atoms with E-state index in [0.29, 0.717) is 24.5 Å². The van der Waals surface area contributed by atoms with E-state index in [2.05, 4.69) is 6.07 Å². The fraction of sp³-hybridized carbons (Fsp3) is 0.267. The number of nitrogens with zero attached hydrogens (tertiary/aromatic N) is 1. The lowest BCUT2D eigenvalue weighted by atomic mass is 9.94. The molecule has 0 aliphatic carbocycles. The summed E-state index contributed by atoms with van der Waals surface area (Å²) in [5, 5.41) is 12.0. The topological polar surface area (TPSA) is 40.5 Å². The molecule has 0 spiro atoms. The number of halogens is 1. The van der Waals surface area contributed by atoms with Gasteiger partial charge in [0.1, 0.15) is 6.04 Å². The molecule has 1 unspecified atom stereocenters. The maximum atomic E-state index is 11.5. The van der Waals surface area contributed by atoms with Gasteiger partial charge in [-0.15, -0.1) is 11.3 Å². The number of hydrogen-bond donors (Lipinski definition) is 1. The highest BCUT2D eigenvalue weighted by Crippen LogP contribution is 2.27. The molecule has 1 aliphatic rings. The number of aliphatic carboxylic acids is 1. The van der Waals surface area contributed by atoms with Crippen LogP contribution in [-0.4, -0.2) is 22.0 Å². The van der Waals surface area contributed by atoms with E-state index < -0.39 is 12.0 Å². The van der Waals surface area contributed by atoms with Gasteiger partial charge >= 0.3 is 5.97 Å². The van der Waals surface area contributed by atoms with E-state index in [1.807, 2.05) is 34.5 Å². The number of fused-ring (bicyclic) bond motifs is 1. The van der Waals surface area contributed by atoms with Crippen LogP contribution >= 0.6 is 22.9 Å². The van der Waals surface area contributed by atoms with Gasteiger partial charge in [0.25, 0.3) is 0 Å². The average molecular weight is 308 g/mol. The van der Waals surface area contributed by atoms with Crippen molar-refractivity contribution in [2.45, 2.75) is 25.6 Å². The molecule has 1 N–H and O–H groups in total. The van der Waals surface area contributed by atoms with Crippen LogP contribution in [0.5, 0.6) is 0 Å². The molecular formula is C15H14ClNO2S. The van der Waals surface area contributed by atoms with Gasteiger partial charge in [0.05, 0.1) is 5.02 Å². The van der Waals surface area contributed by atoms with E-state index in [1.54, 1.807) is 11.3 Å². The molecule has 0 saturated heterocycles. The highest BCUT2D eigenvalue weighted by atomic mass is 35.5. The number of carboxylic acids is 1. The molecule has 0 bridgehead atoms. The minimum atomic E-state index is -0.762. The van der Waals surface area contributed by atoms with E-state index in [1.165, 1.54) is 5.56 Å². The molecule has 0 radical (unpaired) electrons. The number of carboxylic acid groups (broad SMARTS) is 1. The standard InChI is InChI=1S/C15H14ClNO2S/c16-12-6-13(20-9-12)8-17-7-11-4-2-1-3-10(11)5-14(17)15(18)19/h1-4,6,9,14H,5,7-8H2,(H,18,19). The van der Waals surface area contributed by atoms with Gasteiger partial charge in [0.2, 0.25) is 0 Å². The Bertz CT molecular complexity index is 640. The normalized spacial score (nSPS) is 18.8. The van der Waals surface area contributed by atoms with Gasteiger partial charge in [-0.25, -0.2) is 0 Å². The van der Waals surface area contributed by atoms with Crippen LogP contribution in [0.25, 0.3) is 0 Å². The lowest BCUT2D eigenvalue weighted by Crippen LogP contribution is -2.44. The third-order valence-corrected chi connectivity index (χ3v) is 4.88. The first kappa shape index (κ1) is 13.6. The minimum Gasteiger partial charge on any atom is -0.480 e. The SMILES string of the molecule is O=C(O)C1Cc2ccccc2CN1Cc1cc(Cl)cs1. The van der Waals surface area contributed by atoms with Crippen LogP contribution in [0.15, 0.2) is 35.7 Å². The fourth-order valence-corrected chi connectivity index (χ4v) is 3.72. The van der Waals surface area contributed by atoms with Gasteiger partial charge in [-0.05, 0) is 23.6 Å². The zero-order valence-electron chi connectivity index (χ0n) is 10.8. The first-order chi connectivity index (χ1) is 9.63. The molecule has 3 nitrogen and oxygen atoms in total. The average Bonchev–Trinajstić information content (AvgIpc) is 2.83. The number of hydrogen-bond acceptors (Lipinski definition) is 3. The van der Waals surface area contributed by atoms with Crippen LogP contribution in [0.1, 0.15) is 16.0 Å². The molecule has 20 heavy (non-hydrogen) atoms. The summed E-state index contributed by atoms with van der Waals surface area (Å²) in [5.74, 6) is -0.762. The van der Waals surface area contributed by atoms with Crippen LogP contribution in [0.4, 0.5) is 0 Å². The third kappa shape index (κ3) is 2.73. The Labute approximate surface area is 126 Å². The van der Waals surface area contributed by atoms with Crippen molar-refractivity contribution >= 4 is 28.9 Å². The van der Waals surface area contributed by atoms with Gasteiger partial charge in [0.15, 0.2) is 0 Å². The van der Waals surface area contributed by atoms with E-state index in [0.717, 1.165) is 10.4 Å². The van der Waals surface area contributed by atoms with Crippen molar-refractivity contribution in [1.82, 2.24) is 4.90 Å². The van der Waals surface area contributed by atoms with Crippen molar-refractivity contribution in [2.75, 3.05) is 0 Å². The number of benzene rings is 1. The zero-order chi connectivity index (χ0) is 14.1. The molecule has 0 saturated carbocycles. The molecule has 0 fully saturated rings. The van der Waals surface area contributed by atoms with Gasteiger partial charge in [-0.1, -0.05) is 35.9 Å². The Kier molecular flexibility index (Phi) is 3.78. The fourth-order valence-electron chi connectivity index (χ4n) is 2.62. The predicted molar refractivity (Wildman–Crippen MR) is 80.1 cm³/mol.